The fourth-order valence-corrected chi connectivity index (χ4v) is 7.17. The van der Waals surface area contributed by atoms with E-state index in [9.17, 15) is 0 Å². The van der Waals surface area contributed by atoms with Gasteiger partial charge in [-0.3, -0.25) is 0 Å². The number of nitrogens with one attached hydrogen (secondary N) is 1. The van der Waals surface area contributed by atoms with Gasteiger partial charge >= 0.3 is 0 Å². The quantitative estimate of drug-likeness (QED) is 0.0738. The van der Waals surface area contributed by atoms with E-state index in [0.29, 0.717) is 5.54 Å². The third-order valence-corrected chi connectivity index (χ3v) is 10.1. The molecule has 0 heterocycles. The van der Waals surface area contributed by atoms with Gasteiger partial charge in [-0.25, -0.2) is 0 Å². The maximum Gasteiger partial charge on any atom is 0.0209 e. The summed E-state index contributed by atoms with van der Waals surface area (Å²) in [5.41, 5.74) is 0.402. The van der Waals surface area contributed by atoms with E-state index in [0.717, 1.165) is 5.92 Å². The molecule has 0 aliphatic rings. The van der Waals surface area contributed by atoms with Crippen LogP contribution in [0.5, 0.6) is 0 Å². The lowest BCUT2D eigenvalue weighted by molar-refractivity contribution is 0.144. The summed E-state index contributed by atoms with van der Waals surface area (Å²) in [6.45, 7) is 13.1. The van der Waals surface area contributed by atoms with Crippen LogP contribution in [-0.2, 0) is 0 Å². The summed E-state index contributed by atoms with van der Waals surface area (Å²) in [6, 6.07) is 0. The molecule has 0 aliphatic carbocycles. The van der Waals surface area contributed by atoms with Gasteiger partial charge in [0.15, 0.2) is 0 Å². The summed E-state index contributed by atoms with van der Waals surface area (Å²) in [6.07, 6.45) is 45.9. The standard InChI is InChI=1S/C40H83N/c1-6-11-16-18-20-22-23-24-25-26-27-28-30-32-35-39(34-13-8-3)40(36-14-9-4,37-15-10-5)41-38-33-31-29-21-19-17-12-7-2/h39,41H,6-38H2,1-5H3. The molecule has 0 aromatic heterocycles. The number of unbranched alkanes of at least 4 members (excludes halogenated alkanes) is 23. The summed E-state index contributed by atoms with van der Waals surface area (Å²) >= 11 is 0. The van der Waals surface area contributed by atoms with Crippen LogP contribution in [0.25, 0.3) is 0 Å². The van der Waals surface area contributed by atoms with Gasteiger partial charge in [0, 0.05) is 5.54 Å². The molecule has 1 heteroatoms. The summed E-state index contributed by atoms with van der Waals surface area (Å²) in [5, 5.41) is 4.32. The molecule has 0 spiro atoms. The summed E-state index contributed by atoms with van der Waals surface area (Å²) in [5.74, 6) is 0.881. The second kappa shape index (κ2) is 32.9. The first-order valence-corrected chi connectivity index (χ1v) is 20.0. The van der Waals surface area contributed by atoms with E-state index in [1.165, 1.54) is 212 Å². The number of hydrogen-bond donors (Lipinski definition) is 1. The summed E-state index contributed by atoms with van der Waals surface area (Å²) in [7, 11) is 0. The minimum absolute atomic E-state index is 0.402. The Bertz CT molecular complexity index is 463. The van der Waals surface area contributed by atoms with Crippen LogP contribution in [0, 0.1) is 5.92 Å². The first-order chi connectivity index (χ1) is 20.2. The Morgan fingerprint density at radius 2 is 0.659 bits per heavy atom. The largest absolute Gasteiger partial charge is 0.311 e. The molecule has 0 radical (unpaired) electrons. The average molecular weight is 578 g/mol. The van der Waals surface area contributed by atoms with Gasteiger partial charge < -0.3 is 5.32 Å². The summed E-state index contributed by atoms with van der Waals surface area (Å²) in [4.78, 5) is 0. The molecule has 0 amide bonds. The van der Waals surface area contributed by atoms with Gasteiger partial charge in [-0.15, -0.1) is 0 Å². The Kier molecular flexibility index (Phi) is 32.8. The van der Waals surface area contributed by atoms with Crippen LogP contribution >= 0.6 is 0 Å². The predicted molar refractivity (Wildman–Crippen MR) is 190 cm³/mol. The molecule has 0 saturated heterocycles. The molecule has 248 valence electrons. The van der Waals surface area contributed by atoms with Crippen LogP contribution in [0.15, 0.2) is 0 Å². The highest BCUT2D eigenvalue weighted by atomic mass is 15.0. The molecule has 1 nitrogen and oxygen atoms in total. The van der Waals surface area contributed by atoms with Gasteiger partial charge in [0.2, 0.25) is 0 Å². The van der Waals surface area contributed by atoms with E-state index in [4.69, 9.17) is 0 Å². The first-order valence-electron chi connectivity index (χ1n) is 20.0. The van der Waals surface area contributed by atoms with Gasteiger partial charge in [0.05, 0.1) is 0 Å². The normalized spacial score (nSPS) is 12.8. The Labute approximate surface area is 263 Å². The van der Waals surface area contributed by atoms with Gasteiger partial charge in [0.25, 0.3) is 0 Å². The third-order valence-electron chi connectivity index (χ3n) is 10.1. The van der Waals surface area contributed by atoms with Crippen molar-refractivity contribution in [1.29, 1.82) is 0 Å². The molecule has 0 rings (SSSR count). The molecule has 1 unspecified atom stereocenters. The lowest BCUT2D eigenvalue weighted by Gasteiger charge is -2.43. The Morgan fingerprint density at radius 3 is 1.05 bits per heavy atom. The molecule has 1 atom stereocenters. The van der Waals surface area contributed by atoms with Crippen molar-refractivity contribution in [2.24, 2.45) is 5.92 Å². The number of hydrogen-bond acceptors (Lipinski definition) is 1. The fraction of sp³-hybridized carbons (Fsp3) is 1.00. The minimum Gasteiger partial charge on any atom is -0.311 e. The highest BCUT2D eigenvalue weighted by molar-refractivity contribution is 4.94. The highest BCUT2D eigenvalue weighted by Gasteiger charge is 2.36. The van der Waals surface area contributed by atoms with Crippen molar-refractivity contribution in [1.82, 2.24) is 5.32 Å². The first kappa shape index (κ1) is 41.0. The van der Waals surface area contributed by atoms with E-state index in [1.54, 1.807) is 0 Å². The van der Waals surface area contributed by atoms with Crippen molar-refractivity contribution in [2.75, 3.05) is 6.54 Å². The lowest BCUT2D eigenvalue weighted by atomic mass is 9.71. The average Bonchev–Trinajstić information content (AvgIpc) is 2.99. The van der Waals surface area contributed by atoms with Gasteiger partial charge in [0.1, 0.15) is 0 Å². The highest BCUT2D eigenvalue weighted by Crippen LogP contribution is 2.37. The molecule has 41 heavy (non-hydrogen) atoms. The van der Waals surface area contributed by atoms with Crippen LogP contribution in [0.3, 0.4) is 0 Å². The Hall–Kier alpha value is -0.0400. The summed E-state index contributed by atoms with van der Waals surface area (Å²) < 4.78 is 0. The Morgan fingerprint density at radius 1 is 0.341 bits per heavy atom. The molecule has 0 fully saturated rings. The van der Waals surface area contributed by atoms with Crippen LogP contribution in [0.2, 0.25) is 0 Å². The zero-order valence-electron chi connectivity index (χ0n) is 29.9. The minimum atomic E-state index is 0.402. The topological polar surface area (TPSA) is 12.0 Å². The Balaban J connectivity index is 4.58. The smallest absolute Gasteiger partial charge is 0.0209 e. The van der Waals surface area contributed by atoms with E-state index in [2.05, 4.69) is 39.9 Å². The van der Waals surface area contributed by atoms with Crippen LogP contribution in [0.1, 0.15) is 240 Å². The van der Waals surface area contributed by atoms with Gasteiger partial charge in [-0.05, 0) is 44.6 Å². The maximum absolute atomic E-state index is 4.32. The third kappa shape index (κ3) is 25.0. The molecular weight excluding hydrogens is 494 g/mol. The van der Waals surface area contributed by atoms with E-state index in [-0.39, 0.29) is 0 Å². The van der Waals surface area contributed by atoms with Gasteiger partial charge in [-0.2, -0.15) is 0 Å². The van der Waals surface area contributed by atoms with Crippen molar-refractivity contribution in [3.05, 3.63) is 0 Å². The van der Waals surface area contributed by atoms with E-state index >= 15 is 0 Å². The zero-order valence-corrected chi connectivity index (χ0v) is 29.9. The SMILES string of the molecule is CCCCCCCCCCCCCCCCC(CCCC)C(CCCC)(CCCC)NCCCCCCCCCC. The molecule has 0 aromatic carbocycles. The molecule has 0 aromatic rings. The monoisotopic (exact) mass is 578 g/mol. The molecule has 0 bridgehead atoms. The molecule has 0 aliphatic heterocycles. The van der Waals surface area contributed by atoms with Crippen molar-refractivity contribution >= 4 is 0 Å². The second-order valence-electron chi connectivity index (χ2n) is 14.0. The molecule has 1 N–H and O–H groups in total. The van der Waals surface area contributed by atoms with Crippen LogP contribution in [-0.4, -0.2) is 12.1 Å². The molecule has 0 saturated carbocycles. The van der Waals surface area contributed by atoms with Crippen LogP contribution in [0.4, 0.5) is 0 Å². The maximum atomic E-state index is 4.32. The lowest BCUT2D eigenvalue weighted by Crippen LogP contribution is -2.52. The van der Waals surface area contributed by atoms with E-state index < -0.39 is 0 Å². The van der Waals surface area contributed by atoms with Crippen molar-refractivity contribution in [2.45, 2.75) is 246 Å². The number of rotatable bonds is 35. The van der Waals surface area contributed by atoms with Crippen molar-refractivity contribution in [3.8, 4) is 0 Å². The van der Waals surface area contributed by atoms with Crippen molar-refractivity contribution < 1.29 is 0 Å². The van der Waals surface area contributed by atoms with Crippen molar-refractivity contribution in [3.63, 3.8) is 0 Å². The van der Waals surface area contributed by atoms with Gasteiger partial charge in [-0.1, -0.05) is 208 Å². The predicted octanol–water partition coefficient (Wildman–Crippen LogP) is 14.5. The fourth-order valence-electron chi connectivity index (χ4n) is 7.17. The molecular formula is C40H83N. The van der Waals surface area contributed by atoms with E-state index in [1.807, 2.05) is 0 Å². The zero-order chi connectivity index (χ0) is 30.1. The second-order valence-corrected chi connectivity index (χ2v) is 14.0. The van der Waals surface area contributed by atoms with Crippen LogP contribution < -0.4 is 5.32 Å².